The Morgan fingerprint density at radius 1 is 1.04 bits per heavy atom. The van der Waals surface area contributed by atoms with Crippen molar-refractivity contribution in [3.8, 4) is 23.3 Å². The summed E-state index contributed by atoms with van der Waals surface area (Å²) in [5.41, 5.74) is 2.47. The SMILES string of the molecule is COc1cc(OC)c(C=C(C#N)S(=O)(=O)Nc2ccc(C)cc2C)c(OC)c1. The van der Waals surface area contributed by atoms with Gasteiger partial charge in [-0.2, -0.15) is 5.26 Å². The molecule has 0 saturated carbocycles. The van der Waals surface area contributed by atoms with Gasteiger partial charge in [0.15, 0.2) is 4.91 Å². The highest BCUT2D eigenvalue weighted by Gasteiger charge is 2.21. The number of nitrogens with one attached hydrogen (secondary N) is 1. The summed E-state index contributed by atoms with van der Waals surface area (Å²) in [5, 5.41) is 9.50. The normalized spacial score (nSPS) is 11.5. The Balaban J connectivity index is 2.55. The monoisotopic (exact) mass is 402 g/mol. The van der Waals surface area contributed by atoms with Crippen molar-refractivity contribution in [2.45, 2.75) is 13.8 Å². The van der Waals surface area contributed by atoms with Crippen LogP contribution in [0.5, 0.6) is 17.2 Å². The lowest BCUT2D eigenvalue weighted by Crippen LogP contribution is -2.15. The van der Waals surface area contributed by atoms with E-state index in [1.165, 1.54) is 27.4 Å². The average Bonchev–Trinajstić information content (AvgIpc) is 2.67. The van der Waals surface area contributed by atoms with Crippen molar-refractivity contribution in [2.24, 2.45) is 0 Å². The summed E-state index contributed by atoms with van der Waals surface area (Å²) in [7, 11) is 0.233. The number of aryl methyl sites for hydroxylation is 2. The van der Waals surface area contributed by atoms with Gasteiger partial charge in [-0.15, -0.1) is 0 Å². The van der Waals surface area contributed by atoms with E-state index in [9.17, 15) is 13.7 Å². The third kappa shape index (κ3) is 4.56. The van der Waals surface area contributed by atoms with Crippen LogP contribution in [-0.4, -0.2) is 29.7 Å². The molecule has 28 heavy (non-hydrogen) atoms. The van der Waals surface area contributed by atoms with Gasteiger partial charge in [0.25, 0.3) is 10.0 Å². The largest absolute Gasteiger partial charge is 0.496 e. The molecule has 0 radical (unpaired) electrons. The van der Waals surface area contributed by atoms with Crippen LogP contribution >= 0.6 is 0 Å². The van der Waals surface area contributed by atoms with Crippen molar-refractivity contribution in [3.63, 3.8) is 0 Å². The van der Waals surface area contributed by atoms with Crippen LogP contribution in [0.25, 0.3) is 6.08 Å². The van der Waals surface area contributed by atoms with Gasteiger partial charge in [0, 0.05) is 12.1 Å². The lowest BCUT2D eigenvalue weighted by Gasteiger charge is -2.14. The van der Waals surface area contributed by atoms with Crippen molar-refractivity contribution in [3.05, 3.63) is 51.9 Å². The average molecular weight is 402 g/mol. The minimum atomic E-state index is -4.12. The molecular formula is C20H22N2O5S. The number of hydrogen-bond donors (Lipinski definition) is 1. The van der Waals surface area contributed by atoms with Crippen LogP contribution in [0.1, 0.15) is 16.7 Å². The molecule has 8 heteroatoms. The molecular weight excluding hydrogens is 380 g/mol. The van der Waals surface area contributed by atoms with Crippen LogP contribution in [0, 0.1) is 25.2 Å². The predicted molar refractivity (Wildman–Crippen MR) is 108 cm³/mol. The summed E-state index contributed by atoms with van der Waals surface area (Å²) < 4.78 is 43.8. The second-order valence-corrected chi connectivity index (χ2v) is 7.64. The molecule has 2 rings (SSSR count). The number of rotatable bonds is 7. The summed E-state index contributed by atoms with van der Waals surface area (Å²) in [4.78, 5) is -0.478. The number of nitriles is 1. The summed E-state index contributed by atoms with van der Waals surface area (Å²) in [6.45, 7) is 3.70. The van der Waals surface area contributed by atoms with E-state index in [1.807, 2.05) is 13.0 Å². The zero-order valence-corrected chi connectivity index (χ0v) is 17.2. The van der Waals surface area contributed by atoms with Crippen LogP contribution in [0.4, 0.5) is 5.69 Å². The molecule has 0 aliphatic carbocycles. The molecule has 0 aromatic heterocycles. The van der Waals surface area contributed by atoms with E-state index in [0.29, 0.717) is 28.5 Å². The molecule has 0 saturated heterocycles. The Kier molecular flexibility index (Phi) is 6.54. The molecule has 148 valence electrons. The third-order valence-electron chi connectivity index (χ3n) is 4.05. The molecule has 0 aliphatic heterocycles. The van der Waals surface area contributed by atoms with E-state index in [1.54, 1.807) is 37.3 Å². The Morgan fingerprint density at radius 2 is 1.64 bits per heavy atom. The number of ether oxygens (including phenoxy) is 3. The summed E-state index contributed by atoms with van der Waals surface area (Å²) in [5.74, 6) is 1.09. The highest BCUT2D eigenvalue weighted by molar-refractivity contribution is 7.97. The highest BCUT2D eigenvalue weighted by Crippen LogP contribution is 2.36. The van der Waals surface area contributed by atoms with Gasteiger partial charge in [-0.3, -0.25) is 4.72 Å². The zero-order chi connectivity index (χ0) is 20.9. The molecule has 0 unspecified atom stereocenters. The first-order valence-corrected chi connectivity index (χ1v) is 9.76. The van der Waals surface area contributed by atoms with Crippen molar-refractivity contribution >= 4 is 21.8 Å². The Labute approximate surface area is 165 Å². The summed E-state index contributed by atoms with van der Waals surface area (Å²) >= 11 is 0. The van der Waals surface area contributed by atoms with Gasteiger partial charge in [0.05, 0.1) is 32.6 Å². The molecule has 0 amide bonds. The number of sulfonamides is 1. The number of hydrogen-bond acceptors (Lipinski definition) is 6. The second-order valence-electron chi connectivity index (χ2n) is 5.99. The van der Waals surface area contributed by atoms with Crippen LogP contribution in [-0.2, 0) is 10.0 Å². The van der Waals surface area contributed by atoms with E-state index >= 15 is 0 Å². The minimum absolute atomic E-state index is 0.311. The molecule has 7 nitrogen and oxygen atoms in total. The molecule has 0 fully saturated rings. The van der Waals surface area contributed by atoms with Crippen LogP contribution in [0.15, 0.2) is 35.2 Å². The number of methoxy groups -OCH3 is 3. The predicted octanol–water partition coefficient (Wildman–Crippen LogP) is 3.64. The van der Waals surface area contributed by atoms with Crippen molar-refractivity contribution in [1.29, 1.82) is 5.26 Å². The number of anilines is 1. The van der Waals surface area contributed by atoms with E-state index in [0.717, 1.165) is 11.1 Å². The smallest absolute Gasteiger partial charge is 0.272 e. The van der Waals surface area contributed by atoms with E-state index in [4.69, 9.17) is 14.2 Å². The molecule has 2 aromatic rings. The second kappa shape index (κ2) is 8.67. The number of benzene rings is 2. The first kappa shape index (κ1) is 21.1. The van der Waals surface area contributed by atoms with E-state index in [2.05, 4.69) is 4.72 Å². The fourth-order valence-electron chi connectivity index (χ4n) is 2.60. The van der Waals surface area contributed by atoms with Gasteiger partial charge < -0.3 is 14.2 Å². The summed E-state index contributed by atoms with van der Waals surface area (Å²) in [6, 6.07) is 10.2. The van der Waals surface area contributed by atoms with Crippen LogP contribution in [0.2, 0.25) is 0 Å². The van der Waals surface area contributed by atoms with Crippen molar-refractivity contribution in [1.82, 2.24) is 0 Å². The Hall–Kier alpha value is -3.18. The zero-order valence-electron chi connectivity index (χ0n) is 16.4. The number of allylic oxidation sites excluding steroid dienone is 1. The van der Waals surface area contributed by atoms with Crippen LogP contribution in [0.3, 0.4) is 0 Å². The maximum absolute atomic E-state index is 12.8. The number of nitrogens with zero attached hydrogens (tertiary/aromatic N) is 1. The molecule has 1 N–H and O–H groups in total. The Morgan fingerprint density at radius 3 is 2.11 bits per heavy atom. The third-order valence-corrected chi connectivity index (χ3v) is 5.33. The van der Waals surface area contributed by atoms with Crippen molar-refractivity contribution in [2.75, 3.05) is 26.1 Å². The first-order valence-electron chi connectivity index (χ1n) is 8.27. The fraction of sp³-hybridized carbons (Fsp3) is 0.250. The van der Waals surface area contributed by atoms with Gasteiger partial charge in [-0.1, -0.05) is 17.7 Å². The first-order chi connectivity index (χ1) is 13.2. The standard InChI is InChI=1S/C20H22N2O5S/c1-13-6-7-18(14(2)8-13)22-28(23,24)16(12-21)11-17-19(26-4)9-15(25-3)10-20(17)27-5/h6-11,22H,1-5H3. The van der Waals surface area contributed by atoms with Crippen molar-refractivity contribution < 1.29 is 22.6 Å². The molecule has 2 aromatic carbocycles. The van der Waals surface area contributed by atoms with E-state index < -0.39 is 14.9 Å². The minimum Gasteiger partial charge on any atom is -0.496 e. The fourth-order valence-corrected chi connectivity index (χ4v) is 3.63. The topological polar surface area (TPSA) is 97.7 Å². The highest BCUT2D eigenvalue weighted by atomic mass is 32.2. The van der Waals surface area contributed by atoms with Crippen LogP contribution < -0.4 is 18.9 Å². The molecule has 0 spiro atoms. The molecule has 0 heterocycles. The molecule has 0 atom stereocenters. The lowest BCUT2D eigenvalue weighted by atomic mass is 10.1. The molecule has 0 aliphatic rings. The lowest BCUT2D eigenvalue weighted by molar-refractivity contribution is 0.374. The molecule has 0 bridgehead atoms. The quantitative estimate of drug-likeness (QED) is 0.710. The van der Waals surface area contributed by atoms with E-state index in [-0.39, 0.29) is 0 Å². The maximum atomic E-state index is 12.8. The Bertz CT molecular complexity index is 1030. The van der Waals surface area contributed by atoms with Gasteiger partial charge in [-0.25, -0.2) is 8.42 Å². The van der Waals surface area contributed by atoms with Gasteiger partial charge >= 0.3 is 0 Å². The van der Waals surface area contributed by atoms with Gasteiger partial charge in [-0.05, 0) is 31.6 Å². The van der Waals surface area contributed by atoms with Gasteiger partial charge in [0.1, 0.15) is 23.3 Å². The van der Waals surface area contributed by atoms with Gasteiger partial charge in [0.2, 0.25) is 0 Å². The summed E-state index contributed by atoms with van der Waals surface area (Å²) in [6.07, 6.45) is 1.21. The maximum Gasteiger partial charge on any atom is 0.272 e.